The molecule has 1 aliphatic rings. The monoisotopic (exact) mass is 333 g/mol. The number of nitrogens with zero attached hydrogens (tertiary/aromatic N) is 1. The highest BCUT2D eigenvalue weighted by atomic mass is 35.5. The Morgan fingerprint density at radius 3 is 2.80 bits per heavy atom. The number of rotatable bonds is 3. The minimum Gasteiger partial charge on any atom is -0.480 e. The molecule has 0 spiro atoms. The quantitative estimate of drug-likeness (QED) is 0.923. The smallest absolute Gasteiger partial charge is 0.327 e. The van der Waals surface area contributed by atoms with Gasteiger partial charge in [-0.05, 0) is 17.7 Å². The number of carbonyl (C=O) groups is 2. The summed E-state index contributed by atoms with van der Waals surface area (Å²) >= 11 is 13.4. The molecule has 7 heteroatoms. The molecule has 1 atom stereocenters. The third-order valence-corrected chi connectivity index (χ3v) is 4.70. The lowest BCUT2D eigenvalue weighted by Crippen LogP contribution is -2.50. The zero-order valence-corrected chi connectivity index (χ0v) is 12.8. The molecule has 0 radical (unpaired) electrons. The van der Waals surface area contributed by atoms with Crippen LogP contribution in [0.5, 0.6) is 0 Å². The summed E-state index contributed by atoms with van der Waals surface area (Å²) in [6, 6.07) is 4.17. The van der Waals surface area contributed by atoms with Crippen molar-refractivity contribution in [1.29, 1.82) is 0 Å². The standard InChI is InChI=1S/C13H13Cl2NO3S/c14-9-2-1-8(10(15)6-9)5-12(17)16-3-4-20-7-11(16)13(18)19/h1-2,6,11H,3-5,7H2,(H,18,19). The predicted octanol–water partition coefficient (Wildman–Crippen LogP) is 2.56. The molecular weight excluding hydrogens is 321 g/mol. The fourth-order valence-electron chi connectivity index (χ4n) is 2.04. The summed E-state index contributed by atoms with van der Waals surface area (Å²) in [7, 11) is 0. The summed E-state index contributed by atoms with van der Waals surface area (Å²) in [6.45, 7) is 0.450. The van der Waals surface area contributed by atoms with Crippen molar-refractivity contribution in [3.8, 4) is 0 Å². The van der Waals surface area contributed by atoms with Crippen molar-refractivity contribution in [3.63, 3.8) is 0 Å². The van der Waals surface area contributed by atoms with Crippen LogP contribution in [0.1, 0.15) is 5.56 Å². The van der Waals surface area contributed by atoms with Crippen LogP contribution in [0.3, 0.4) is 0 Å². The van der Waals surface area contributed by atoms with Crippen LogP contribution in [0.4, 0.5) is 0 Å². The van der Waals surface area contributed by atoms with Gasteiger partial charge in [0.1, 0.15) is 6.04 Å². The Labute approximate surface area is 131 Å². The Morgan fingerprint density at radius 1 is 1.40 bits per heavy atom. The third kappa shape index (κ3) is 3.59. The van der Waals surface area contributed by atoms with Crippen LogP contribution < -0.4 is 0 Å². The van der Waals surface area contributed by atoms with Crippen molar-refractivity contribution in [1.82, 2.24) is 4.90 Å². The fourth-order valence-corrected chi connectivity index (χ4v) is 3.55. The van der Waals surface area contributed by atoms with Gasteiger partial charge in [0, 0.05) is 28.1 Å². The van der Waals surface area contributed by atoms with E-state index in [2.05, 4.69) is 0 Å². The number of carbonyl (C=O) groups excluding carboxylic acids is 1. The first-order valence-corrected chi connectivity index (χ1v) is 7.94. The summed E-state index contributed by atoms with van der Waals surface area (Å²) in [6.07, 6.45) is 0.0877. The number of carboxylic acids is 1. The number of carboxylic acid groups (broad SMARTS) is 1. The summed E-state index contributed by atoms with van der Waals surface area (Å²) in [5, 5.41) is 10.1. The maximum Gasteiger partial charge on any atom is 0.327 e. The van der Waals surface area contributed by atoms with Crippen LogP contribution in [0.15, 0.2) is 18.2 Å². The first kappa shape index (κ1) is 15.5. The Hall–Kier alpha value is -0.910. The number of aliphatic carboxylic acids is 1. The highest BCUT2D eigenvalue weighted by Crippen LogP contribution is 2.23. The van der Waals surface area contributed by atoms with Crippen molar-refractivity contribution in [3.05, 3.63) is 33.8 Å². The summed E-state index contributed by atoms with van der Waals surface area (Å²) in [5.41, 5.74) is 0.656. The number of amides is 1. The van der Waals surface area contributed by atoms with Crippen LogP contribution in [-0.4, -0.2) is 46.0 Å². The second-order valence-electron chi connectivity index (χ2n) is 4.43. The van der Waals surface area contributed by atoms with E-state index < -0.39 is 12.0 Å². The number of hydrogen-bond donors (Lipinski definition) is 1. The first-order valence-electron chi connectivity index (χ1n) is 6.03. The van der Waals surface area contributed by atoms with E-state index in [1.807, 2.05) is 0 Å². The van der Waals surface area contributed by atoms with Gasteiger partial charge in [-0.3, -0.25) is 4.79 Å². The Bertz CT molecular complexity index is 538. The third-order valence-electron chi connectivity index (χ3n) is 3.09. The Kier molecular flexibility index (Phi) is 5.18. The molecule has 1 heterocycles. The summed E-state index contributed by atoms with van der Waals surface area (Å²) in [4.78, 5) is 24.9. The normalized spacial score (nSPS) is 18.9. The fraction of sp³-hybridized carbons (Fsp3) is 0.385. The topological polar surface area (TPSA) is 57.6 Å². The molecule has 108 valence electrons. The van der Waals surface area contributed by atoms with Gasteiger partial charge in [0.2, 0.25) is 5.91 Å². The Morgan fingerprint density at radius 2 is 2.15 bits per heavy atom. The average molecular weight is 334 g/mol. The number of hydrogen-bond acceptors (Lipinski definition) is 3. The number of halogens is 2. The number of thioether (sulfide) groups is 1. The van der Waals surface area contributed by atoms with Crippen LogP contribution >= 0.6 is 35.0 Å². The van der Waals surface area contributed by atoms with Gasteiger partial charge in [-0.15, -0.1) is 0 Å². The van der Waals surface area contributed by atoms with Gasteiger partial charge in [0.05, 0.1) is 6.42 Å². The zero-order valence-electron chi connectivity index (χ0n) is 10.5. The minimum absolute atomic E-state index is 0.0877. The highest BCUT2D eigenvalue weighted by Gasteiger charge is 2.32. The molecular formula is C13H13Cl2NO3S. The molecule has 1 N–H and O–H groups in total. The van der Waals surface area contributed by atoms with Crippen LogP contribution in [0, 0.1) is 0 Å². The Balaban J connectivity index is 2.12. The molecule has 1 aromatic rings. The molecule has 0 bridgehead atoms. The van der Waals surface area contributed by atoms with Crippen molar-refractivity contribution in [2.24, 2.45) is 0 Å². The molecule has 0 aromatic heterocycles. The van der Waals surface area contributed by atoms with Crippen molar-refractivity contribution in [2.75, 3.05) is 18.1 Å². The van der Waals surface area contributed by atoms with Gasteiger partial charge in [-0.2, -0.15) is 11.8 Å². The largest absolute Gasteiger partial charge is 0.480 e. The maximum atomic E-state index is 12.3. The van der Waals surface area contributed by atoms with Crippen molar-refractivity contribution in [2.45, 2.75) is 12.5 Å². The summed E-state index contributed by atoms with van der Waals surface area (Å²) in [5.74, 6) is -0.00563. The molecule has 2 rings (SSSR count). The van der Waals surface area contributed by atoms with E-state index in [-0.39, 0.29) is 12.3 Å². The van der Waals surface area contributed by atoms with Crippen LogP contribution in [0.2, 0.25) is 10.0 Å². The van der Waals surface area contributed by atoms with Crippen molar-refractivity contribution >= 4 is 46.8 Å². The predicted molar refractivity (Wildman–Crippen MR) is 80.6 cm³/mol. The van der Waals surface area contributed by atoms with Crippen molar-refractivity contribution < 1.29 is 14.7 Å². The minimum atomic E-state index is -0.965. The summed E-state index contributed by atoms with van der Waals surface area (Å²) < 4.78 is 0. The maximum absolute atomic E-state index is 12.3. The second-order valence-corrected chi connectivity index (χ2v) is 6.42. The average Bonchev–Trinajstić information content (AvgIpc) is 2.41. The molecule has 4 nitrogen and oxygen atoms in total. The van der Waals surface area contributed by atoms with E-state index in [0.717, 1.165) is 5.75 Å². The van der Waals surface area contributed by atoms with Gasteiger partial charge in [-0.25, -0.2) is 4.79 Å². The van der Waals surface area contributed by atoms with Crippen LogP contribution in [-0.2, 0) is 16.0 Å². The lowest BCUT2D eigenvalue weighted by Gasteiger charge is -2.32. The molecule has 1 aromatic carbocycles. The molecule has 1 amide bonds. The lowest BCUT2D eigenvalue weighted by atomic mass is 10.1. The van der Waals surface area contributed by atoms with E-state index in [0.29, 0.717) is 27.9 Å². The van der Waals surface area contributed by atoms with Gasteiger partial charge in [-0.1, -0.05) is 29.3 Å². The lowest BCUT2D eigenvalue weighted by molar-refractivity contribution is -0.148. The molecule has 1 unspecified atom stereocenters. The number of benzene rings is 1. The SMILES string of the molecule is O=C(O)C1CSCCN1C(=O)Cc1ccc(Cl)cc1Cl. The van der Waals surface area contributed by atoms with E-state index in [4.69, 9.17) is 28.3 Å². The molecule has 0 aliphatic carbocycles. The zero-order chi connectivity index (χ0) is 14.7. The molecule has 1 saturated heterocycles. The van der Waals surface area contributed by atoms with E-state index in [1.165, 1.54) is 4.90 Å². The molecule has 20 heavy (non-hydrogen) atoms. The first-order chi connectivity index (χ1) is 9.49. The van der Waals surface area contributed by atoms with Gasteiger partial charge in [0.15, 0.2) is 0 Å². The second kappa shape index (κ2) is 6.70. The van der Waals surface area contributed by atoms with E-state index >= 15 is 0 Å². The van der Waals surface area contributed by atoms with Crippen LogP contribution in [0.25, 0.3) is 0 Å². The highest BCUT2D eigenvalue weighted by molar-refractivity contribution is 7.99. The van der Waals surface area contributed by atoms with Gasteiger partial charge < -0.3 is 10.0 Å². The van der Waals surface area contributed by atoms with Gasteiger partial charge >= 0.3 is 5.97 Å². The molecule has 1 aliphatic heterocycles. The van der Waals surface area contributed by atoms with E-state index in [1.54, 1.807) is 30.0 Å². The molecule has 1 fully saturated rings. The van der Waals surface area contributed by atoms with E-state index in [9.17, 15) is 9.59 Å². The molecule has 0 saturated carbocycles. The van der Waals surface area contributed by atoms with Gasteiger partial charge in [0.25, 0.3) is 0 Å².